The summed E-state index contributed by atoms with van der Waals surface area (Å²) in [7, 11) is 0. The monoisotopic (exact) mass is 418 g/mol. The molecule has 5 heteroatoms. The van der Waals surface area contributed by atoms with E-state index < -0.39 is 11.7 Å². The van der Waals surface area contributed by atoms with E-state index in [1.54, 1.807) is 11.8 Å². The van der Waals surface area contributed by atoms with E-state index >= 15 is 0 Å². The van der Waals surface area contributed by atoms with Gasteiger partial charge in [-0.2, -0.15) is 13.2 Å². The lowest BCUT2D eigenvalue weighted by atomic mass is 9.92. The fourth-order valence-electron chi connectivity index (χ4n) is 3.73. The fourth-order valence-corrected chi connectivity index (χ4v) is 4.96. The first-order valence-corrected chi connectivity index (χ1v) is 10.4. The third kappa shape index (κ3) is 4.08. The first kappa shape index (κ1) is 19.4. The van der Waals surface area contributed by atoms with Crippen LogP contribution in [0.1, 0.15) is 40.2 Å². The van der Waals surface area contributed by atoms with Gasteiger partial charge in [0.05, 0.1) is 5.56 Å². The predicted molar refractivity (Wildman–Crippen MR) is 109 cm³/mol. The van der Waals surface area contributed by atoms with Crippen molar-refractivity contribution in [3.05, 3.63) is 99.6 Å². The van der Waals surface area contributed by atoms with E-state index in [1.807, 2.05) is 18.2 Å². The second kappa shape index (κ2) is 7.84. The summed E-state index contributed by atoms with van der Waals surface area (Å²) in [5.74, 6) is 0.964. The van der Waals surface area contributed by atoms with E-state index in [-0.39, 0.29) is 10.9 Å². The summed E-state index contributed by atoms with van der Waals surface area (Å²) in [6.45, 7) is 0. The molecular formula is C23H18ClF3S. The van der Waals surface area contributed by atoms with E-state index in [0.717, 1.165) is 36.3 Å². The molecule has 1 aliphatic rings. The Morgan fingerprint density at radius 1 is 0.929 bits per heavy atom. The Hall–Kier alpha value is -1.91. The molecule has 1 atom stereocenters. The highest BCUT2D eigenvalue weighted by Gasteiger charge is 2.32. The summed E-state index contributed by atoms with van der Waals surface area (Å²) in [6, 6.07) is 20.4. The molecule has 0 saturated carbocycles. The fraction of sp³-hybridized carbons (Fsp3) is 0.217. The first-order valence-electron chi connectivity index (χ1n) is 9.08. The highest BCUT2D eigenvalue weighted by Crippen LogP contribution is 2.43. The number of fused-ring (bicyclic) bond motifs is 1. The van der Waals surface area contributed by atoms with Crippen molar-refractivity contribution < 1.29 is 13.2 Å². The zero-order valence-electron chi connectivity index (χ0n) is 15.0. The molecule has 0 spiro atoms. The molecule has 4 rings (SSSR count). The molecule has 1 aliphatic carbocycles. The predicted octanol–water partition coefficient (Wildman–Crippen LogP) is 7.73. The minimum Gasteiger partial charge on any atom is -0.166 e. The summed E-state index contributed by atoms with van der Waals surface area (Å²) in [5.41, 5.74) is 3.79. The van der Waals surface area contributed by atoms with Gasteiger partial charge >= 0.3 is 6.18 Å². The number of hydrogen-bond donors (Lipinski definition) is 0. The molecular weight excluding hydrogens is 401 g/mol. The summed E-state index contributed by atoms with van der Waals surface area (Å²) >= 11 is 8.02. The smallest absolute Gasteiger partial charge is 0.166 e. The second-order valence-electron chi connectivity index (χ2n) is 6.96. The number of alkyl halides is 3. The summed E-state index contributed by atoms with van der Waals surface area (Å²) < 4.78 is 38.7. The standard InChI is InChI=1S/C23H18ClF3S/c24-22-13-17(23(25,26)27)7-10-21(22)20-9-6-16-12-18(8-11-19(16)20)28-14-15-4-2-1-3-5-15/h1-5,7-8,10-13,20H,6,9,14H2. The SMILES string of the molecule is FC(F)(F)c1ccc(C2CCc3cc(SCc4ccccc4)ccc32)c(Cl)c1. The molecule has 0 aromatic heterocycles. The number of halogens is 4. The van der Waals surface area contributed by atoms with E-state index in [1.165, 1.54) is 27.7 Å². The van der Waals surface area contributed by atoms with Gasteiger partial charge < -0.3 is 0 Å². The largest absolute Gasteiger partial charge is 0.416 e. The van der Waals surface area contributed by atoms with Gasteiger partial charge in [-0.25, -0.2) is 0 Å². The molecule has 0 N–H and O–H groups in total. The molecule has 0 amide bonds. The van der Waals surface area contributed by atoms with Crippen LogP contribution >= 0.6 is 23.4 Å². The zero-order chi connectivity index (χ0) is 19.7. The van der Waals surface area contributed by atoms with Gasteiger partial charge in [0.15, 0.2) is 0 Å². The van der Waals surface area contributed by atoms with Crippen LogP contribution < -0.4 is 0 Å². The van der Waals surface area contributed by atoms with Crippen molar-refractivity contribution in [2.45, 2.75) is 35.6 Å². The Kier molecular flexibility index (Phi) is 5.44. The van der Waals surface area contributed by atoms with Crippen LogP contribution in [-0.4, -0.2) is 0 Å². The molecule has 0 radical (unpaired) electrons. The summed E-state index contributed by atoms with van der Waals surface area (Å²) in [6.07, 6.45) is -2.59. The van der Waals surface area contributed by atoms with E-state index in [2.05, 4.69) is 30.3 Å². The lowest BCUT2D eigenvalue weighted by Gasteiger charge is -2.16. The van der Waals surface area contributed by atoms with Crippen molar-refractivity contribution in [2.24, 2.45) is 0 Å². The number of benzene rings is 3. The minimum atomic E-state index is -4.37. The Balaban J connectivity index is 1.54. The van der Waals surface area contributed by atoms with Crippen molar-refractivity contribution in [1.82, 2.24) is 0 Å². The maximum Gasteiger partial charge on any atom is 0.416 e. The first-order chi connectivity index (χ1) is 13.4. The Bertz CT molecular complexity index is 983. The number of hydrogen-bond acceptors (Lipinski definition) is 1. The van der Waals surface area contributed by atoms with Crippen LogP contribution in [0.4, 0.5) is 13.2 Å². The van der Waals surface area contributed by atoms with Gasteiger partial charge in [-0.05, 0) is 59.4 Å². The normalized spacial score (nSPS) is 16.2. The van der Waals surface area contributed by atoms with Gasteiger partial charge in [-0.3, -0.25) is 0 Å². The molecule has 28 heavy (non-hydrogen) atoms. The molecule has 0 bridgehead atoms. The molecule has 144 valence electrons. The molecule has 0 fully saturated rings. The molecule has 0 aliphatic heterocycles. The van der Waals surface area contributed by atoms with Crippen LogP contribution in [0.2, 0.25) is 5.02 Å². The molecule has 0 heterocycles. The molecule has 3 aromatic carbocycles. The molecule has 0 saturated heterocycles. The minimum absolute atomic E-state index is 0.0537. The third-order valence-corrected chi connectivity index (χ3v) is 6.54. The Labute approximate surface area is 171 Å². The Morgan fingerprint density at radius 3 is 2.39 bits per heavy atom. The van der Waals surface area contributed by atoms with Crippen LogP contribution in [0.25, 0.3) is 0 Å². The van der Waals surface area contributed by atoms with Crippen molar-refractivity contribution in [3.63, 3.8) is 0 Å². The van der Waals surface area contributed by atoms with Crippen LogP contribution in [0.5, 0.6) is 0 Å². The highest BCUT2D eigenvalue weighted by molar-refractivity contribution is 7.98. The van der Waals surface area contributed by atoms with E-state index in [9.17, 15) is 13.2 Å². The van der Waals surface area contributed by atoms with Gasteiger partial charge in [0, 0.05) is 21.6 Å². The van der Waals surface area contributed by atoms with Gasteiger partial charge in [0.25, 0.3) is 0 Å². The summed E-state index contributed by atoms with van der Waals surface area (Å²) in [5, 5.41) is 0.190. The van der Waals surface area contributed by atoms with Gasteiger partial charge in [0.1, 0.15) is 0 Å². The topological polar surface area (TPSA) is 0 Å². The van der Waals surface area contributed by atoms with Gasteiger partial charge in [-0.15, -0.1) is 11.8 Å². The molecule has 1 unspecified atom stereocenters. The van der Waals surface area contributed by atoms with Gasteiger partial charge in [-0.1, -0.05) is 54.1 Å². The average Bonchev–Trinajstić information content (AvgIpc) is 3.09. The highest BCUT2D eigenvalue weighted by atomic mass is 35.5. The number of thioether (sulfide) groups is 1. The molecule has 0 nitrogen and oxygen atoms in total. The van der Waals surface area contributed by atoms with Gasteiger partial charge in [0.2, 0.25) is 0 Å². The van der Waals surface area contributed by atoms with Crippen molar-refractivity contribution in [3.8, 4) is 0 Å². The maximum absolute atomic E-state index is 12.9. The van der Waals surface area contributed by atoms with Crippen LogP contribution in [0, 0.1) is 0 Å². The van der Waals surface area contributed by atoms with E-state index in [0.29, 0.717) is 0 Å². The van der Waals surface area contributed by atoms with Crippen LogP contribution in [0.3, 0.4) is 0 Å². The number of aryl methyl sites for hydroxylation is 1. The second-order valence-corrected chi connectivity index (χ2v) is 8.42. The third-order valence-electron chi connectivity index (χ3n) is 5.14. The van der Waals surface area contributed by atoms with Crippen LogP contribution in [-0.2, 0) is 18.3 Å². The van der Waals surface area contributed by atoms with Crippen LogP contribution in [0.15, 0.2) is 71.6 Å². The van der Waals surface area contributed by atoms with E-state index in [4.69, 9.17) is 11.6 Å². The molecule has 3 aromatic rings. The van der Waals surface area contributed by atoms with Crippen molar-refractivity contribution >= 4 is 23.4 Å². The Morgan fingerprint density at radius 2 is 1.68 bits per heavy atom. The van der Waals surface area contributed by atoms with Crippen molar-refractivity contribution in [1.29, 1.82) is 0 Å². The zero-order valence-corrected chi connectivity index (χ0v) is 16.5. The van der Waals surface area contributed by atoms with Crippen molar-refractivity contribution in [2.75, 3.05) is 0 Å². The quantitative estimate of drug-likeness (QED) is 0.390. The number of rotatable bonds is 4. The lowest BCUT2D eigenvalue weighted by molar-refractivity contribution is -0.137. The average molecular weight is 419 g/mol. The summed E-state index contributed by atoms with van der Waals surface area (Å²) in [4.78, 5) is 1.21. The maximum atomic E-state index is 12.9. The lowest BCUT2D eigenvalue weighted by Crippen LogP contribution is -2.06.